The molecule has 0 N–H and O–H groups in total. The van der Waals surface area contributed by atoms with Crippen molar-refractivity contribution in [2.75, 3.05) is 0 Å². The smallest absolute Gasteiger partial charge is 0.416 e. The quantitative estimate of drug-likeness (QED) is 0.690. The fraction of sp³-hybridized carbons (Fsp3) is 0.562. The molecule has 0 aliphatic rings. The topological polar surface area (TPSA) is 35.5 Å². The fourth-order valence-electron chi connectivity index (χ4n) is 1.81. The van der Waals surface area contributed by atoms with E-state index in [4.69, 9.17) is 9.47 Å². The van der Waals surface area contributed by atoms with Crippen molar-refractivity contribution in [1.82, 2.24) is 0 Å². The summed E-state index contributed by atoms with van der Waals surface area (Å²) in [6, 6.07) is 4.29. The van der Waals surface area contributed by atoms with Crippen LogP contribution in [0.1, 0.15) is 45.6 Å². The Morgan fingerprint density at radius 1 is 1.18 bits per heavy atom. The molecule has 0 aromatic heterocycles. The maximum Gasteiger partial charge on any atom is 0.416 e. The van der Waals surface area contributed by atoms with Crippen LogP contribution >= 0.6 is 0 Å². The second kappa shape index (κ2) is 8.06. The molecule has 0 amide bonds. The Hall–Kier alpha value is -1.72. The maximum atomic E-state index is 12.5. The first kappa shape index (κ1) is 18.3. The van der Waals surface area contributed by atoms with Gasteiger partial charge in [-0.1, -0.05) is 13.3 Å². The Labute approximate surface area is 128 Å². The Bertz CT molecular complexity index is 467. The van der Waals surface area contributed by atoms with Gasteiger partial charge in [-0.2, -0.15) is 13.2 Å². The highest BCUT2D eigenvalue weighted by Gasteiger charge is 2.30. The molecule has 0 radical (unpaired) electrons. The van der Waals surface area contributed by atoms with Gasteiger partial charge in [0.1, 0.15) is 5.75 Å². The Morgan fingerprint density at radius 3 is 2.23 bits per heavy atom. The van der Waals surface area contributed by atoms with Crippen molar-refractivity contribution in [2.45, 2.75) is 58.4 Å². The minimum absolute atomic E-state index is 0.217. The lowest BCUT2D eigenvalue weighted by Crippen LogP contribution is -2.31. The number of ether oxygens (including phenoxy) is 2. The summed E-state index contributed by atoms with van der Waals surface area (Å²) in [6.45, 7) is 5.43. The summed E-state index contributed by atoms with van der Waals surface area (Å²) in [5, 5.41) is 0. The van der Waals surface area contributed by atoms with Crippen molar-refractivity contribution in [3.63, 3.8) is 0 Å². The number of halogens is 3. The normalized spacial score (nSPS) is 13.0. The summed E-state index contributed by atoms with van der Waals surface area (Å²) in [4.78, 5) is 12.0. The number of alkyl halides is 3. The SMILES string of the molecule is CCCCC(Oc1ccc(C(F)(F)F)cc1)C(=O)OC(C)C. The summed E-state index contributed by atoms with van der Waals surface area (Å²) in [7, 11) is 0. The summed E-state index contributed by atoms with van der Waals surface area (Å²) in [5.74, 6) is -0.279. The maximum absolute atomic E-state index is 12.5. The molecule has 0 saturated carbocycles. The molecule has 3 nitrogen and oxygen atoms in total. The Balaban J connectivity index is 2.78. The van der Waals surface area contributed by atoms with E-state index < -0.39 is 23.8 Å². The molecule has 0 spiro atoms. The molecular weight excluding hydrogens is 297 g/mol. The molecule has 124 valence electrons. The number of rotatable bonds is 7. The highest BCUT2D eigenvalue weighted by atomic mass is 19.4. The molecule has 0 fully saturated rings. The summed E-state index contributed by atoms with van der Waals surface area (Å²) in [6.07, 6.45) is -3.37. The number of carbonyl (C=O) groups excluding carboxylic acids is 1. The zero-order valence-corrected chi connectivity index (χ0v) is 12.9. The van der Waals surface area contributed by atoms with Gasteiger partial charge in [-0.3, -0.25) is 0 Å². The van der Waals surface area contributed by atoms with Crippen molar-refractivity contribution in [2.24, 2.45) is 0 Å². The van der Waals surface area contributed by atoms with Crippen LogP contribution in [0.3, 0.4) is 0 Å². The van der Waals surface area contributed by atoms with E-state index in [2.05, 4.69) is 0 Å². The first-order valence-electron chi connectivity index (χ1n) is 7.28. The van der Waals surface area contributed by atoms with Gasteiger partial charge in [0.25, 0.3) is 0 Å². The third-order valence-corrected chi connectivity index (χ3v) is 2.89. The number of benzene rings is 1. The van der Waals surface area contributed by atoms with Crippen LogP contribution in [0.4, 0.5) is 13.2 Å². The monoisotopic (exact) mass is 318 g/mol. The molecular formula is C16H21F3O3. The van der Waals surface area contributed by atoms with Crippen molar-refractivity contribution < 1.29 is 27.4 Å². The standard InChI is InChI=1S/C16H21F3O3/c1-4-5-6-14(15(20)21-11(2)3)22-13-9-7-12(8-10-13)16(17,18)19/h7-11,14H,4-6H2,1-3H3. The molecule has 6 heteroatoms. The van der Waals surface area contributed by atoms with E-state index >= 15 is 0 Å². The van der Waals surface area contributed by atoms with Gasteiger partial charge in [-0.05, 0) is 51.0 Å². The van der Waals surface area contributed by atoms with Gasteiger partial charge in [0, 0.05) is 0 Å². The van der Waals surface area contributed by atoms with Crippen LogP contribution in [-0.2, 0) is 15.7 Å². The van der Waals surface area contributed by atoms with E-state index in [0.717, 1.165) is 25.0 Å². The third kappa shape index (κ3) is 5.95. The van der Waals surface area contributed by atoms with Gasteiger partial charge in [-0.25, -0.2) is 4.79 Å². The summed E-state index contributed by atoms with van der Waals surface area (Å²) >= 11 is 0. The predicted molar refractivity (Wildman–Crippen MR) is 76.6 cm³/mol. The van der Waals surface area contributed by atoms with E-state index in [1.807, 2.05) is 6.92 Å². The zero-order chi connectivity index (χ0) is 16.8. The van der Waals surface area contributed by atoms with E-state index in [-0.39, 0.29) is 11.9 Å². The number of hydrogen-bond donors (Lipinski definition) is 0. The van der Waals surface area contributed by atoms with Gasteiger partial charge in [0.2, 0.25) is 0 Å². The Kier molecular flexibility index (Phi) is 6.71. The number of hydrogen-bond acceptors (Lipinski definition) is 3. The third-order valence-electron chi connectivity index (χ3n) is 2.89. The molecule has 0 saturated heterocycles. The second-order valence-electron chi connectivity index (χ2n) is 5.26. The Morgan fingerprint density at radius 2 is 1.77 bits per heavy atom. The van der Waals surface area contributed by atoms with Crippen molar-refractivity contribution in [3.05, 3.63) is 29.8 Å². The van der Waals surface area contributed by atoms with E-state index in [0.29, 0.717) is 6.42 Å². The van der Waals surface area contributed by atoms with Gasteiger partial charge in [0.05, 0.1) is 11.7 Å². The number of carbonyl (C=O) groups is 1. The van der Waals surface area contributed by atoms with Crippen LogP contribution in [0.25, 0.3) is 0 Å². The van der Waals surface area contributed by atoms with Crippen LogP contribution in [0.15, 0.2) is 24.3 Å². The number of unbranched alkanes of at least 4 members (excludes halogenated alkanes) is 1. The highest BCUT2D eigenvalue weighted by molar-refractivity contribution is 5.75. The van der Waals surface area contributed by atoms with Gasteiger partial charge in [0.15, 0.2) is 6.10 Å². The fourth-order valence-corrected chi connectivity index (χ4v) is 1.81. The van der Waals surface area contributed by atoms with Crippen LogP contribution < -0.4 is 4.74 Å². The molecule has 0 heterocycles. The van der Waals surface area contributed by atoms with E-state index in [1.165, 1.54) is 12.1 Å². The van der Waals surface area contributed by atoms with Gasteiger partial charge < -0.3 is 9.47 Å². The van der Waals surface area contributed by atoms with Crippen molar-refractivity contribution in [1.29, 1.82) is 0 Å². The van der Waals surface area contributed by atoms with E-state index in [1.54, 1.807) is 13.8 Å². The average molecular weight is 318 g/mol. The average Bonchev–Trinajstić information content (AvgIpc) is 2.42. The molecule has 22 heavy (non-hydrogen) atoms. The van der Waals surface area contributed by atoms with E-state index in [9.17, 15) is 18.0 Å². The molecule has 0 bridgehead atoms. The van der Waals surface area contributed by atoms with Crippen molar-refractivity contribution >= 4 is 5.97 Å². The first-order chi connectivity index (χ1) is 10.2. The van der Waals surface area contributed by atoms with Crippen LogP contribution in [0.5, 0.6) is 5.75 Å². The molecule has 1 rings (SSSR count). The predicted octanol–water partition coefficient (Wildman–Crippen LogP) is 4.59. The van der Waals surface area contributed by atoms with Gasteiger partial charge >= 0.3 is 12.1 Å². The number of esters is 1. The summed E-state index contributed by atoms with van der Waals surface area (Å²) < 4.78 is 48.1. The summed E-state index contributed by atoms with van der Waals surface area (Å²) in [5.41, 5.74) is -0.755. The van der Waals surface area contributed by atoms with Crippen LogP contribution in [0.2, 0.25) is 0 Å². The lowest BCUT2D eigenvalue weighted by molar-refractivity contribution is -0.156. The molecule has 0 aliphatic heterocycles. The van der Waals surface area contributed by atoms with Crippen molar-refractivity contribution in [3.8, 4) is 5.75 Å². The lowest BCUT2D eigenvalue weighted by Gasteiger charge is -2.19. The van der Waals surface area contributed by atoms with Crippen LogP contribution in [0, 0.1) is 0 Å². The second-order valence-corrected chi connectivity index (χ2v) is 5.26. The molecule has 0 aliphatic carbocycles. The molecule has 1 aromatic rings. The molecule has 1 unspecified atom stereocenters. The molecule has 1 atom stereocenters. The largest absolute Gasteiger partial charge is 0.479 e. The molecule has 1 aromatic carbocycles. The van der Waals surface area contributed by atoms with Gasteiger partial charge in [-0.15, -0.1) is 0 Å². The minimum atomic E-state index is -4.39. The zero-order valence-electron chi connectivity index (χ0n) is 12.9. The van der Waals surface area contributed by atoms with Crippen LogP contribution in [-0.4, -0.2) is 18.2 Å². The minimum Gasteiger partial charge on any atom is -0.479 e. The lowest BCUT2D eigenvalue weighted by atomic mass is 10.1. The highest BCUT2D eigenvalue weighted by Crippen LogP contribution is 2.30. The first-order valence-corrected chi connectivity index (χ1v) is 7.28.